The summed E-state index contributed by atoms with van der Waals surface area (Å²) in [6.07, 6.45) is 0.135. The minimum absolute atomic E-state index is 0.166. The van der Waals surface area contributed by atoms with Crippen LogP contribution in [-0.2, 0) is 17.8 Å². The molecule has 186 valence electrons. The van der Waals surface area contributed by atoms with E-state index in [1.807, 2.05) is 30.3 Å². The van der Waals surface area contributed by atoms with E-state index in [0.29, 0.717) is 30.9 Å². The van der Waals surface area contributed by atoms with Gasteiger partial charge in [-0.25, -0.2) is 4.39 Å². The summed E-state index contributed by atoms with van der Waals surface area (Å²) in [6.45, 7) is 5.64. The average Bonchev–Trinajstić information content (AvgIpc) is 3.28. The third-order valence-electron chi connectivity index (χ3n) is 6.94. The van der Waals surface area contributed by atoms with Gasteiger partial charge in [0.15, 0.2) is 11.5 Å². The molecule has 1 N–H and O–H groups in total. The van der Waals surface area contributed by atoms with E-state index in [9.17, 15) is 9.18 Å². The van der Waals surface area contributed by atoms with E-state index in [4.69, 9.17) is 5.10 Å². The first-order valence-corrected chi connectivity index (χ1v) is 12.4. The monoisotopic (exact) mass is 480 g/mol. The molecule has 4 heterocycles. The molecule has 0 radical (unpaired) electrons. The number of nitrogens with zero attached hydrogens (tertiary/aromatic N) is 7. The number of halogens is 1. The lowest BCUT2D eigenvalue weighted by molar-refractivity contribution is -0.122. The van der Waals surface area contributed by atoms with Crippen LogP contribution in [0.25, 0.3) is 5.65 Å². The molecule has 0 spiro atoms. The Kier molecular flexibility index (Phi) is 7.19. The minimum atomic E-state index is -1.09. The number of amides is 1. The van der Waals surface area contributed by atoms with Crippen molar-refractivity contribution in [3.63, 3.8) is 0 Å². The van der Waals surface area contributed by atoms with Gasteiger partial charge in [-0.2, -0.15) is 4.52 Å². The van der Waals surface area contributed by atoms with Crippen molar-refractivity contribution in [3.05, 3.63) is 53.9 Å². The zero-order chi connectivity index (χ0) is 24.2. The Bertz CT molecular complexity index is 1130. The van der Waals surface area contributed by atoms with Gasteiger partial charge in [-0.1, -0.05) is 30.3 Å². The predicted octanol–water partition coefficient (Wildman–Crippen LogP) is 1.54. The van der Waals surface area contributed by atoms with E-state index in [0.717, 1.165) is 45.1 Å². The van der Waals surface area contributed by atoms with E-state index in [1.54, 1.807) is 4.52 Å². The molecule has 1 amide bonds. The second-order valence-corrected chi connectivity index (χ2v) is 9.57. The first-order chi connectivity index (χ1) is 17.0. The van der Waals surface area contributed by atoms with Gasteiger partial charge in [0, 0.05) is 58.7 Å². The number of hydrogen-bond acceptors (Lipinski definition) is 7. The maximum absolute atomic E-state index is 14.8. The van der Waals surface area contributed by atoms with Crippen molar-refractivity contribution in [1.82, 2.24) is 34.9 Å². The van der Waals surface area contributed by atoms with Gasteiger partial charge in [-0.15, -0.1) is 15.3 Å². The fraction of sp³-hybridized carbons (Fsp3) is 0.520. The molecule has 2 aliphatic heterocycles. The highest BCUT2D eigenvalue weighted by Gasteiger charge is 2.30. The van der Waals surface area contributed by atoms with Crippen LogP contribution in [0.1, 0.15) is 24.2 Å². The Hall–Kier alpha value is -3.11. The molecule has 9 nitrogen and oxygen atoms in total. The van der Waals surface area contributed by atoms with Crippen LogP contribution in [0.4, 0.5) is 10.2 Å². The van der Waals surface area contributed by atoms with Crippen LogP contribution in [0, 0.1) is 0 Å². The molecule has 0 unspecified atom stereocenters. The molecule has 2 aliphatic rings. The summed E-state index contributed by atoms with van der Waals surface area (Å²) >= 11 is 0. The lowest BCUT2D eigenvalue weighted by Gasteiger charge is -2.35. The summed E-state index contributed by atoms with van der Waals surface area (Å²) in [5.74, 6) is 1.36. The second-order valence-electron chi connectivity index (χ2n) is 9.57. The van der Waals surface area contributed by atoms with Gasteiger partial charge in [0.2, 0.25) is 5.91 Å². The Morgan fingerprint density at radius 3 is 2.63 bits per heavy atom. The predicted molar refractivity (Wildman–Crippen MR) is 132 cm³/mol. The molecule has 2 atom stereocenters. The molecule has 10 heteroatoms. The highest BCUT2D eigenvalue weighted by molar-refractivity contribution is 5.76. The minimum Gasteiger partial charge on any atom is -0.353 e. The quantitative estimate of drug-likeness (QED) is 0.549. The van der Waals surface area contributed by atoms with E-state index in [1.165, 1.54) is 5.56 Å². The number of rotatable bonds is 7. The fourth-order valence-electron chi connectivity index (χ4n) is 4.80. The molecule has 0 bridgehead atoms. The number of likely N-dealkylation sites (N-methyl/N-ethyl adjacent to an activating group) is 1. The molecule has 0 saturated carbocycles. The number of fused-ring (bicyclic) bond motifs is 1. The lowest BCUT2D eigenvalue weighted by atomic mass is 10.0. The SMILES string of the molecule is CN1CCN(c2ccc3nnc(CCC(=O)N[C@H]4CCN(Cc5ccccc5)C[C@@H]4F)n3n2)CC1. The molecular weight excluding hydrogens is 447 g/mol. The Balaban J connectivity index is 1.13. The van der Waals surface area contributed by atoms with Gasteiger partial charge in [0.25, 0.3) is 0 Å². The first kappa shape index (κ1) is 23.6. The highest BCUT2D eigenvalue weighted by atomic mass is 19.1. The van der Waals surface area contributed by atoms with Crippen molar-refractivity contribution in [1.29, 1.82) is 0 Å². The lowest BCUT2D eigenvalue weighted by Crippen LogP contribution is -2.52. The summed E-state index contributed by atoms with van der Waals surface area (Å²) < 4.78 is 16.6. The van der Waals surface area contributed by atoms with Gasteiger partial charge < -0.3 is 15.1 Å². The molecule has 2 aromatic heterocycles. The van der Waals surface area contributed by atoms with Crippen LogP contribution in [0.3, 0.4) is 0 Å². The van der Waals surface area contributed by atoms with Crippen molar-refractivity contribution in [2.45, 2.75) is 38.0 Å². The Labute approximate surface area is 204 Å². The normalized spacial score (nSPS) is 21.9. The van der Waals surface area contributed by atoms with Crippen LogP contribution in [0.2, 0.25) is 0 Å². The highest BCUT2D eigenvalue weighted by Crippen LogP contribution is 2.18. The molecular formula is C25H33FN8O. The number of hydrogen-bond donors (Lipinski definition) is 1. The van der Waals surface area contributed by atoms with Crippen LogP contribution < -0.4 is 10.2 Å². The van der Waals surface area contributed by atoms with Crippen molar-refractivity contribution in [3.8, 4) is 0 Å². The summed E-state index contributed by atoms with van der Waals surface area (Å²) in [6, 6.07) is 13.5. The van der Waals surface area contributed by atoms with E-state index in [2.05, 4.69) is 49.4 Å². The molecule has 5 rings (SSSR count). The summed E-state index contributed by atoms with van der Waals surface area (Å²) in [7, 11) is 2.12. The number of benzene rings is 1. The van der Waals surface area contributed by atoms with Gasteiger partial charge in [0.1, 0.15) is 12.0 Å². The van der Waals surface area contributed by atoms with Crippen molar-refractivity contribution in [2.24, 2.45) is 0 Å². The number of nitrogens with one attached hydrogen (secondary N) is 1. The third-order valence-corrected chi connectivity index (χ3v) is 6.94. The van der Waals surface area contributed by atoms with Crippen LogP contribution in [0.15, 0.2) is 42.5 Å². The van der Waals surface area contributed by atoms with Crippen LogP contribution in [-0.4, -0.2) is 94.0 Å². The van der Waals surface area contributed by atoms with Gasteiger partial charge >= 0.3 is 0 Å². The summed E-state index contributed by atoms with van der Waals surface area (Å²) in [5.41, 5.74) is 1.83. The number of aromatic nitrogens is 4. The number of aryl methyl sites for hydroxylation is 1. The van der Waals surface area contributed by atoms with E-state index >= 15 is 0 Å². The number of likely N-dealkylation sites (tertiary alicyclic amines) is 1. The number of carbonyl (C=O) groups excluding carboxylic acids is 1. The Morgan fingerprint density at radius 2 is 1.86 bits per heavy atom. The maximum Gasteiger partial charge on any atom is 0.220 e. The molecule has 2 fully saturated rings. The van der Waals surface area contributed by atoms with Crippen molar-refractivity contribution < 1.29 is 9.18 Å². The van der Waals surface area contributed by atoms with Crippen LogP contribution in [0.5, 0.6) is 0 Å². The molecule has 35 heavy (non-hydrogen) atoms. The number of carbonyl (C=O) groups is 1. The maximum atomic E-state index is 14.8. The van der Waals surface area contributed by atoms with Gasteiger partial charge in [0.05, 0.1) is 6.04 Å². The number of piperidine rings is 1. The van der Waals surface area contributed by atoms with Crippen LogP contribution >= 0.6 is 0 Å². The Morgan fingerprint density at radius 1 is 1.06 bits per heavy atom. The zero-order valence-electron chi connectivity index (χ0n) is 20.2. The smallest absolute Gasteiger partial charge is 0.220 e. The van der Waals surface area contributed by atoms with Gasteiger partial charge in [-0.3, -0.25) is 9.69 Å². The number of anilines is 1. The molecule has 2 saturated heterocycles. The summed E-state index contributed by atoms with van der Waals surface area (Å²) in [4.78, 5) is 19.3. The summed E-state index contributed by atoms with van der Waals surface area (Å²) in [5, 5.41) is 16.1. The largest absolute Gasteiger partial charge is 0.353 e. The van der Waals surface area contributed by atoms with Crippen molar-refractivity contribution in [2.75, 3.05) is 51.2 Å². The zero-order valence-corrected chi connectivity index (χ0v) is 20.2. The fourth-order valence-corrected chi connectivity index (χ4v) is 4.80. The topological polar surface area (TPSA) is 81.9 Å². The molecule has 1 aromatic carbocycles. The number of piperazine rings is 1. The van der Waals surface area contributed by atoms with Crippen molar-refractivity contribution >= 4 is 17.4 Å². The molecule has 0 aliphatic carbocycles. The number of alkyl halides is 1. The standard InChI is InChI=1S/C25H33FN8O/c1-31-13-15-33(16-14-31)24-8-7-22-28-29-23(34(22)30-24)9-10-25(35)27-21-11-12-32(18-20(21)26)17-19-5-3-2-4-6-19/h2-8,20-21H,9-18H2,1H3,(H,27,35)/t20-,21-/m0/s1. The molecule has 3 aromatic rings. The van der Waals surface area contributed by atoms with E-state index < -0.39 is 12.2 Å². The van der Waals surface area contributed by atoms with E-state index in [-0.39, 0.29) is 12.3 Å². The third kappa shape index (κ3) is 5.76. The first-order valence-electron chi connectivity index (χ1n) is 12.4. The van der Waals surface area contributed by atoms with Gasteiger partial charge in [-0.05, 0) is 31.2 Å². The average molecular weight is 481 g/mol. The second kappa shape index (κ2) is 10.7.